The van der Waals surface area contributed by atoms with Crippen molar-refractivity contribution in [2.24, 2.45) is 5.92 Å². The van der Waals surface area contributed by atoms with Gasteiger partial charge < -0.3 is 15.3 Å². The van der Waals surface area contributed by atoms with Crippen LogP contribution >= 0.6 is 0 Å². The summed E-state index contributed by atoms with van der Waals surface area (Å²) in [5.74, 6) is -0.343. The zero-order chi connectivity index (χ0) is 12.3. The maximum absolute atomic E-state index is 11.7. The number of rotatable bonds is 3. The fraction of sp³-hybridized carbons (Fsp3) is 0.818. The minimum atomic E-state index is -0.988. The fourth-order valence-corrected chi connectivity index (χ4v) is 1.96. The van der Waals surface area contributed by atoms with Gasteiger partial charge in [0.2, 0.25) is 0 Å². The fourth-order valence-electron chi connectivity index (χ4n) is 1.96. The molecule has 1 aliphatic rings. The Hall–Kier alpha value is -1.26. The second kappa shape index (κ2) is 5.18. The van der Waals surface area contributed by atoms with Crippen LogP contribution in [0.2, 0.25) is 0 Å². The lowest BCUT2D eigenvalue weighted by atomic mass is 10.1. The Labute approximate surface area is 95.8 Å². The van der Waals surface area contributed by atoms with Crippen molar-refractivity contribution in [1.82, 2.24) is 10.2 Å². The molecule has 2 N–H and O–H groups in total. The first-order valence-corrected chi connectivity index (χ1v) is 5.68. The number of urea groups is 1. The smallest absolute Gasteiger partial charge is 0.326 e. The summed E-state index contributed by atoms with van der Waals surface area (Å²) in [4.78, 5) is 23.6. The molecule has 3 unspecified atom stereocenters. The second-order valence-corrected chi connectivity index (χ2v) is 4.69. The van der Waals surface area contributed by atoms with Gasteiger partial charge in [0.1, 0.15) is 6.04 Å². The molecule has 0 aromatic carbocycles. The van der Waals surface area contributed by atoms with E-state index in [1.165, 1.54) is 18.9 Å². The van der Waals surface area contributed by atoms with Crippen molar-refractivity contribution in [3.8, 4) is 0 Å². The van der Waals surface area contributed by atoms with Gasteiger partial charge in [0.05, 0.1) is 0 Å². The van der Waals surface area contributed by atoms with Crippen molar-refractivity contribution in [3.63, 3.8) is 0 Å². The Kier molecular flexibility index (Phi) is 4.15. The Morgan fingerprint density at radius 3 is 2.50 bits per heavy atom. The normalized spacial score (nSPS) is 26.2. The van der Waals surface area contributed by atoms with Gasteiger partial charge in [-0.15, -0.1) is 0 Å². The molecule has 0 aromatic heterocycles. The van der Waals surface area contributed by atoms with Crippen molar-refractivity contribution in [2.75, 3.05) is 7.05 Å². The van der Waals surface area contributed by atoms with Crippen molar-refractivity contribution >= 4 is 12.0 Å². The lowest BCUT2D eigenvalue weighted by molar-refractivity contribution is -0.141. The van der Waals surface area contributed by atoms with Gasteiger partial charge in [-0.25, -0.2) is 9.59 Å². The highest BCUT2D eigenvalue weighted by Gasteiger charge is 2.26. The monoisotopic (exact) mass is 228 g/mol. The highest BCUT2D eigenvalue weighted by molar-refractivity contribution is 5.82. The molecule has 0 heterocycles. The maximum atomic E-state index is 11.7. The van der Waals surface area contributed by atoms with E-state index in [4.69, 9.17) is 5.11 Å². The Balaban J connectivity index is 2.43. The topological polar surface area (TPSA) is 69.6 Å². The number of nitrogens with one attached hydrogen (secondary N) is 1. The standard InChI is InChI=1S/C11H20N2O3/c1-7-4-5-9(6-7)12-11(16)13(3)8(2)10(14)15/h7-9H,4-6H2,1-3H3,(H,12,16)(H,14,15). The summed E-state index contributed by atoms with van der Waals surface area (Å²) in [6, 6.07) is -0.890. The highest BCUT2D eigenvalue weighted by atomic mass is 16.4. The zero-order valence-corrected chi connectivity index (χ0v) is 10.1. The van der Waals surface area contributed by atoms with E-state index in [9.17, 15) is 9.59 Å². The third-order valence-electron chi connectivity index (χ3n) is 3.28. The van der Waals surface area contributed by atoms with Gasteiger partial charge in [-0.2, -0.15) is 0 Å². The van der Waals surface area contributed by atoms with Gasteiger partial charge >= 0.3 is 12.0 Å². The molecule has 2 amide bonds. The predicted octanol–water partition coefficient (Wildman–Crippen LogP) is 1.29. The zero-order valence-electron chi connectivity index (χ0n) is 10.1. The van der Waals surface area contributed by atoms with Crippen LogP contribution in [-0.4, -0.2) is 41.1 Å². The molecule has 0 aliphatic heterocycles. The summed E-state index contributed by atoms with van der Waals surface area (Å²) in [5.41, 5.74) is 0. The van der Waals surface area contributed by atoms with Gasteiger partial charge in [0.15, 0.2) is 0 Å². The van der Waals surface area contributed by atoms with Crippen molar-refractivity contribution in [3.05, 3.63) is 0 Å². The number of carboxylic acids is 1. The average Bonchev–Trinajstić information content (AvgIpc) is 2.61. The van der Waals surface area contributed by atoms with Crippen LogP contribution in [0.3, 0.4) is 0 Å². The molecule has 0 bridgehead atoms. The quantitative estimate of drug-likeness (QED) is 0.764. The Bertz CT molecular complexity index is 280. The lowest BCUT2D eigenvalue weighted by Crippen LogP contribution is -2.48. The second-order valence-electron chi connectivity index (χ2n) is 4.69. The first kappa shape index (κ1) is 12.8. The maximum Gasteiger partial charge on any atom is 0.326 e. The Morgan fingerprint density at radius 2 is 2.06 bits per heavy atom. The molecule has 5 heteroatoms. The minimum absolute atomic E-state index is 0.200. The molecule has 0 saturated heterocycles. The first-order valence-electron chi connectivity index (χ1n) is 5.68. The number of amides is 2. The van der Waals surface area contributed by atoms with Gasteiger partial charge in [0, 0.05) is 13.1 Å². The number of likely N-dealkylation sites (N-methyl/N-ethyl adjacent to an activating group) is 1. The number of aliphatic carboxylic acids is 1. The van der Waals surface area contributed by atoms with Crippen LogP contribution in [0.25, 0.3) is 0 Å². The largest absolute Gasteiger partial charge is 0.480 e. The van der Waals surface area contributed by atoms with Gasteiger partial charge in [-0.1, -0.05) is 6.92 Å². The van der Waals surface area contributed by atoms with Crippen LogP contribution in [0.1, 0.15) is 33.1 Å². The van der Waals surface area contributed by atoms with Gasteiger partial charge in [0.25, 0.3) is 0 Å². The third kappa shape index (κ3) is 3.12. The van der Waals surface area contributed by atoms with Crippen LogP contribution in [-0.2, 0) is 4.79 Å². The number of hydrogen-bond donors (Lipinski definition) is 2. The summed E-state index contributed by atoms with van der Waals surface area (Å²) in [6.45, 7) is 3.66. The van der Waals surface area contributed by atoms with E-state index >= 15 is 0 Å². The van der Waals surface area contributed by atoms with Crippen LogP contribution in [0.15, 0.2) is 0 Å². The molecule has 0 aromatic rings. The molecule has 0 spiro atoms. The molecular formula is C11H20N2O3. The lowest BCUT2D eigenvalue weighted by Gasteiger charge is -2.24. The summed E-state index contributed by atoms with van der Waals surface area (Å²) in [6.07, 6.45) is 3.10. The number of nitrogens with zero attached hydrogens (tertiary/aromatic N) is 1. The van der Waals surface area contributed by atoms with E-state index in [0.717, 1.165) is 19.3 Å². The summed E-state index contributed by atoms with van der Waals surface area (Å²) in [7, 11) is 1.51. The van der Waals surface area contributed by atoms with E-state index in [-0.39, 0.29) is 12.1 Å². The SMILES string of the molecule is CC1CCC(NC(=O)N(C)C(C)C(=O)O)C1. The molecule has 0 radical (unpaired) electrons. The van der Waals surface area contributed by atoms with Crippen molar-refractivity contribution in [2.45, 2.75) is 45.2 Å². The summed E-state index contributed by atoms with van der Waals surface area (Å²) < 4.78 is 0. The number of hydrogen-bond acceptors (Lipinski definition) is 2. The number of carboxylic acid groups (broad SMARTS) is 1. The van der Waals surface area contributed by atoms with E-state index in [0.29, 0.717) is 5.92 Å². The van der Waals surface area contributed by atoms with E-state index < -0.39 is 12.0 Å². The molecule has 5 nitrogen and oxygen atoms in total. The summed E-state index contributed by atoms with van der Waals surface area (Å²) in [5, 5.41) is 11.7. The van der Waals surface area contributed by atoms with Crippen molar-refractivity contribution < 1.29 is 14.7 Å². The van der Waals surface area contributed by atoms with E-state index in [2.05, 4.69) is 12.2 Å². The summed E-state index contributed by atoms with van der Waals surface area (Å²) >= 11 is 0. The molecule has 1 fully saturated rings. The van der Waals surface area contributed by atoms with Gasteiger partial charge in [-0.05, 0) is 32.1 Å². The number of carbonyl (C=O) groups excluding carboxylic acids is 1. The van der Waals surface area contributed by atoms with Crippen molar-refractivity contribution in [1.29, 1.82) is 0 Å². The predicted molar refractivity (Wildman–Crippen MR) is 60.2 cm³/mol. The van der Waals surface area contributed by atoms with E-state index in [1.807, 2.05) is 0 Å². The molecule has 3 atom stereocenters. The molecule has 16 heavy (non-hydrogen) atoms. The van der Waals surface area contributed by atoms with Crippen LogP contribution in [0.5, 0.6) is 0 Å². The number of carbonyl (C=O) groups is 2. The van der Waals surface area contributed by atoms with Crippen LogP contribution < -0.4 is 5.32 Å². The van der Waals surface area contributed by atoms with E-state index in [1.54, 1.807) is 0 Å². The molecule has 1 rings (SSSR count). The molecular weight excluding hydrogens is 208 g/mol. The average molecular weight is 228 g/mol. The first-order chi connectivity index (χ1) is 7.41. The van der Waals surface area contributed by atoms with Crippen LogP contribution in [0, 0.1) is 5.92 Å². The molecule has 92 valence electrons. The van der Waals surface area contributed by atoms with Crippen LogP contribution in [0.4, 0.5) is 4.79 Å². The third-order valence-corrected chi connectivity index (χ3v) is 3.28. The Morgan fingerprint density at radius 1 is 1.44 bits per heavy atom. The molecule has 1 aliphatic carbocycles. The van der Waals surface area contributed by atoms with Gasteiger partial charge in [-0.3, -0.25) is 0 Å². The highest BCUT2D eigenvalue weighted by Crippen LogP contribution is 2.24. The minimum Gasteiger partial charge on any atom is -0.480 e. The molecule has 1 saturated carbocycles.